The molecule has 1 aliphatic rings. The third-order valence-corrected chi connectivity index (χ3v) is 3.14. The minimum Gasteiger partial charge on any atom is -0.336 e. The predicted molar refractivity (Wildman–Crippen MR) is 53.6 cm³/mol. The summed E-state index contributed by atoms with van der Waals surface area (Å²) >= 11 is 0. The van der Waals surface area contributed by atoms with Gasteiger partial charge in [-0.15, -0.1) is 0 Å². The number of hydrogen-bond donors (Lipinski definition) is 1. The Morgan fingerprint density at radius 1 is 1.62 bits per heavy atom. The molecule has 1 aliphatic heterocycles. The monoisotopic (exact) mass is 184 g/mol. The average molecular weight is 184 g/mol. The van der Waals surface area contributed by atoms with Crippen LogP contribution in [-0.2, 0) is 4.79 Å². The van der Waals surface area contributed by atoms with Gasteiger partial charge in [-0.3, -0.25) is 4.79 Å². The first-order valence-electron chi connectivity index (χ1n) is 5.09. The Morgan fingerprint density at radius 2 is 2.31 bits per heavy atom. The SMILES string of the molecule is CC[C@]1(C)CCCN1C(=O)CNC. The maximum atomic E-state index is 11.7. The van der Waals surface area contributed by atoms with Crippen molar-refractivity contribution in [2.24, 2.45) is 0 Å². The lowest BCUT2D eigenvalue weighted by atomic mass is 9.95. The van der Waals surface area contributed by atoms with E-state index < -0.39 is 0 Å². The van der Waals surface area contributed by atoms with E-state index in [2.05, 4.69) is 19.2 Å². The van der Waals surface area contributed by atoms with Gasteiger partial charge in [0.05, 0.1) is 6.54 Å². The maximum Gasteiger partial charge on any atom is 0.236 e. The lowest BCUT2D eigenvalue weighted by molar-refractivity contribution is -0.133. The van der Waals surface area contributed by atoms with Gasteiger partial charge >= 0.3 is 0 Å². The van der Waals surface area contributed by atoms with Crippen LogP contribution in [0.3, 0.4) is 0 Å². The highest BCUT2D eigenvalue weighted by Crippen LogP contribution is 2.31. The van der Waals surface area contributed by atoms with Crippen molar-refractivity contribution in [3.8, 4) is 0 Å². The number of rotatable bonds is 3. The van der Waals surface area contributed by atoms with E-state index in [4.69, 9.17) is 0 Å². The summed E-state index contributed by atoms with van der Waals surface area (Å²) in [6.45, 7) is 5.75. The number of likely N-dealkylation sites (N-methyl/N-ethyl adjacent to an activating group) is 1. The van der Waals surface area contributed by atoms with Gasteiger partial charge in [-0.25, -0.2) is 0 Å². The molecule has 1 amide bonds. The van der Waals surface area contributed by atoms with Gasteiger partial charge in [-0.05, 0) is 33.2 Å². The normalized spacial score (nSPS) is 28.1. The Labute approximate surface area is 80.5 Å². The lowest BCUT2D eigenvalue weighted by Crippen LogP contribution is -2.47. The lowest BCUT2D eigenvalue weighted by Gasteiger charge is -2.34. The summed E-state index contributed by atoms with van der Waals surface area (Å²) in [5, 5.41) is 2.92. The summed E-state index contributed by atoms with van der Waals surface area (Å²) in [5.41, 5.74) is 0.119. The molecule has 0 spiro atoms. The standard InChI is InChI=1S/C10H20N2O/c1-4-10(2)6-5-7-12(10)9(13)8-11-3/h11H,4-8H2,1-3H3/t10-/m1/s1. The van der Waals surface area contributed by atoms with Gasteiger partial charge < -0.3 is 10.2 Å². The summed E-state index contributed by atoms with van der Waals surface area (Å²) in [6, 6.07) is 0. The molecule has 1 N–H and O–H groups in total. The van der Waals surface area contributed by atoms with Crippen molar-refractivity contribution in [1.82, 2.24) is 10.2 Å². The van der Waals surface area contributed by atoms with Crippen LogP contribution in [0.2, 0.25) is 0 Å². The molecule has 0 aromatic heterocycles. The van der Waals surface area contributed by atoms with Gasteiger partial charge in [0.25, 0.3) is 0 Å². The largest absolute Gasteiger partial charge is 0.336 e. The van der Waals surface area contributed by atoms with Gasteiger partial charge in [-0.2, -0.15) is 0 Å². The fourth-order valence-electron chi connectivity index (χ4n) is 2.06. The Morgan fingerprint density at radius 3 is 2.85 bits per heavy atom. The van der Waals surface area contributed by atoms with E-state index in [1.807, 2.05) is 11.9 Å². The molecule has 3 heteroatoms. The molecular weight excluding hydrogens is 164 g/mol. The molecule has 0 aliphatic carbocycles. The topological polar surface area (TPSA) is 32.3 Å². The molecule has 1 heterocycles. The molecule has 0 aromatic rings. The number of nitrogens with one attached hydrogen (secondary N) is 1. The van der Waals surface area contributed by atoms with Crippen molar-refractivity contribution in [3.63, 3.8) is 0 Å². The van der Waals surface area contributed by atoms with Crippen molar-refractivity contribution in [2.45, 2.75) is 38.6 Å². The van der Waals surface area contributed by atoms with Crippen LogP contribution in [0.1, 0.15) is 33.1 Å². The first-order chi connectivity index (χ1) is 6.14. The highest BCUT2D eigenvalue weighted by molar-refractivity contribution is 5.79. The molecule has 76 valence electrons. The van der Waals surface area contributed by atoms with Crippen LogP contribution in [0.5, 0.6) is 0 Å². The minimum absolute atomic E-state index is 0.119. The van der Waals surface area contributed by atoms with Crippen LogP contribution in [0.15, 0.2) is 0 Å². The van der Waals surface area contributed by atoms with E-state index in [1.54, 1.807) is 0 Å². The third kappa shape index (κ3) is 2.02. The Kier molecular flexibility index (Phi) is 3.31. The fourth-order valence-corrected chi connectivity index (χ4v) is 2.06. The molecule has 1 saturated heterocycles. The second-order valence-corrected chi connectivity index (χ2v) is 4.03. The van der Waals surface area contributed by atoms with E-state index >= 15 is 0 Å². The number of hydrogen-bond acceptors (Lipinski definition) is 2. The number of carbonyl (C=O) groups excluding carboxylic acids is 1. The number of amides is 1. The van der Waals surface area contributed by atoms with Crippen LogP contribution >= 0.6 is 0 Å². The van der Waals surface area contributed by atoms with Crippen molar-refractivity contribution in [1.29, 1.82) is 0 Å². The molecule has 1 fully saturated rings. The molecule has 13 heavy (non-hydrogen) atoms. The number of carbonyl (C=O) groups is 1. The summed E-state index contributed by atoms with van der Waals surface area (Å²) in [6.07, 6.45) is 3.36. The van der Waals surface area contributed by atoms with Crippen LogP contribution in [0.25, 0.3) is 0 Å². The highest BCUT2D eigenvalue weighted by Gasteiger charge is 2.37. The van der Waals surface area contributed by atoms with Gasteiger partial charge in [0.2, 0.25) is 5.91 Å². The van der Waals surface area contributed by atoms with Gasteiger partial charge in [0, 0.05) is 12.1 Å². The zero-order valence-electron chi connectivity index (χ0n) is 8.89. The summed E-state index contributed by atoms with van der Waals surface area (Å²) in [5.74, 6) is 0.240. The van der Waals surface area contributed by atoms with E-state index in [1.165, 1.54) is 0 Å². The van der Waals surface area contributed by atoms with Crippen LogP contribution in [-0.4, -0.2) is 36.5 Å². The molecular formula is C10H20N2O. The molecule has 1 atom stereocenters. The molecule has 0 bridgehead atoms. The Balaban J connectivity index is 2.62. The quantitative estimate of drug-likeness (QED) is 0.709. The van der Waals surface area contributed by atoms with Gasteiger partial charge in [-0.1, -0.05) is 6.92 Å². The zero-order valence-corrected chi connectivity index (χ0v) is 8.89. The van der Waals surface area contributed by atoms with Crippen LogP contribution in [0, 0.1) is 0 Å². The minimum atomic E-state index is 0.119. The van der Waals surface area contributed by atoms with E-state index in [0.29, 0.717) is 6.54 Å². The maximum absolute atomic E-state index is 11.7. The van der Waals surface area contributed by atoms with Gasteiger partial charge in [0.15, 0.2) is 0 Å². The van der Waals surface area contributed by atoms with Gasteiger partial charge in [0.1, 0.15) is 0 Å². The molecule has 3 nitrogen and oxygen atoms in total. The smallest absolute Gasteiger partial charge is 0.236 e. The second-order valence-electron chi connectivity index (χ2n) is 4.03. The van der Waals surface area contributed by atoms with Crippen molar-refractivity contribution < 1.29 is 4.79 Å². The van der Waals surface area contributed by atoms with Crippen molar-refractivity contribution >= 4 is 5.91 Å². The fraction of sp³-hybridized carbons (Fsp3) is 0.900. The van der Waals surface area contributed by atoms with Crippen LogP contribution < -0.4 is 5.32 Å². The predicted octanol–water partition coefficient (Wildman–Crippen LogP) is 0.997. The zero-order chi connectivity index (χ0) is 9.90. The molecule has 0 unspecified atom stereocenters. The molecule has 1 rings (SSSR count). The summed E-state index contributed by atoms with van der Waals surface area (Å²) in [4.78, 5) is 13.7. The third-order valence-electron chi connectivity index (χ3n) is 3.14. The van der Waals surface area contributed by atoms with E-state index in [-0.39, 0.29) is 11.4 Å². The molecule has 0 aromatic carbocycles. The summed E-state index contributed by atoms with van der Waals surface area (Å²) < 4.78 is 0. The number of nitrogens with zero attached hydrogens (tertiary/aromatic N) is 1. The second kappa shape index (κ2) is 4.09. The first kappa shape index (κ1) is 10.5. The first-order valence-corrected chi connectivity index (χ1v) is 5.09. The average Bonchev–Trinajstić information content (AvgIpc) is 2.49. The van der Waals surface area contributed by atoms with Crippen molar-refractivity contribution in [3.05, 3.63) is 0 Å². The Bertz CT molecular complexity index is 193. The molecule has 0 radical (unpaired) electrons. The Hall–Kier alpha value is -0.570. The van der Waals surface area contributed by atoms with Crippen molar-refractivity contribution in [2.75, 3.05) is 20.1 Å². The van der Waals surface area contributed by atoms with E-state index in [0.717, 1.165) is 25.8 Å². The summed E-state index contributed by atoms with van der Waals surface area (Å²) in [7, 11) is 1.82. The highest BCUT2D eigenvalue weighted by atomic mass is 16.2. The van der Waals surface area contributed by atoms with E-state index in [9.17, 15) is 4.79 Å². The molecule has 0 saturated carbocycles. The van der Waals surface area contributed by atoms with Crippen LogP contribution in [0.4, 0.5) is 0 Å². The number of likely N-dealkylation sites (tertiary alicyclic amines) is 1.